The zero-order chi connectivity index (χ0) is 12.6. The molecule has 0 aliphatic carbocycles. The molecule has 90 valence electrons. The minimum absolute atomic E-state index is 0.215. The highest BCUT2D eigenvalue weighted by atomic mass is 16.3. The number of nitrogen functional groups attached to an aromatic ring is 1. The predicted octanol–water partition coefficient (Wildman–Crippen LogP) is 2.54. The molecule has 2 rings (SSSR count). The van der Waals surface area contributed by atoms with Gasteiger partial charge in [-0.1, -0.05) is 0 Å². The molecule has 0 unspecified atom stereocenters. The molecule has 4 nitrogen and oxygen atoms in total. The van der Waals surface area contributed by atoms with Crippen LogP contribution in [0.15, 0.2) is 28.7 Å². The largest absolute Gasteiger partial charge is 0.451 e. The minimum atomic E-state index is -0.283. The van der Waals surface area contributed by atoms with Gasteiger partial charge in [0.15, 0.2) is 5.76 Å². The van der Waals surface area contributed by atoms with Gasteiger partial charge in [0.2, 0.25) is 0 Å². The first-order valence-electron chi connectivity index (χ1n) is 5.47. The van der Waals surface area contributed by atoms with Crippen molar-refractivity contribution in [3.63, 3.8) is 0 Å². The number of nitrogens with two attached hydrogens (primary N) is 1. The third kappa shape index (κ3) is 2.58. The van der Waals surface area contributed by atoms with E-state index in [2.05, 4.69) is 5.32 Å². The zero-order valence-electron chi connectivity index (χ0n) is 10.2. The van der Waals surface area contributed by atoms with Gasteiger partial charge in [0.05, 0.1) is 0 Å². The van der Waals surface area contributed by atoms with Crippen LogP contribution in [0.4, 0.5) is 5.69 Å². The molecule has 0 radical (unpaired) electrons. The number of furan rings is 1. The smallest absolute Gasteiger partial charge is 0.287 e. The van der Waals surface area contributed by atoms with Crippen LogP contribution in [0.2, 0.25) is 0 Å². The Morgan fingerprint density at radius 1 is 1.29 bits per heavy atom. The maximum atomic E-state index is 11.9. The Bertz CT molecular complexity index is 564. The van der Waals surface area contributed by atoms with E-state index in [0.29, 0.717) is 17.0 Å². The summed E-state index contributed by atoms with van der Waals surface area (Å²) in [7, 11) is 0. The molecular weight excluding hydrogens is 216 g/mol. The fraction of sp³-hybridized carbons (Fsp3) is 0.308. The number of hydrogen-bond acceptors (Lipinski definition) is 3. The Labute approximate surface area is 99.8 Å². The van der Waals surface area contributed by atoms with E-state index in [1.54, 1.807) is 24.3 Å². The van der Waals surface area contributed by atoms with Gasteiger partial charge in [0.1, 0.15) is 5.58 Å². The highest BCUT2D eigenvalue weighted by Gasteiger charge is 2.18. The molecule has 17 heavy (non-hydrogen) atoms. The Hall–Kier alpha value is -1.97. The van der Waals surface area contributed by atoms with Crippen LogP contribution in [0.5, 0.6) is 0 Å². The van der Waals surface area contributed by atoms with Crippen LogP contribution in [0.1, 0.15) is 31.3 Å². The van der Waals surface area contributed by atoms with Crippen LogP contribution in [0.25, 0.3) is 11.0 Å². The van der Waals surface area contributed by atoms with Gasteiger partial charge in [-0.3, -0.25) is 4.79 Å². The zero-order valence-corrected chi connectivity index (χ0v) is 10.2. The van der Waals surface area contributed by atoms with Crippen LogP contribution in [-0.4, -0.2) is 11.4 Å². The van der Waals surface area contributed by atoms with E-state index in [4.69, 9.17) is 10.2 Å². The van der Waals surface area contributed by atoms with Gasteiger partial charge in [0.25, 0.3) is 5.91 Å². The van der Waals surface area contributed by atoms with Crippen molar-refractivity contribution in [2.24, 2.45) is 0 Å². The maximum Gasteiger partial charge on any atom is 0.287 e. The van der Waals surface area contributed by atoms with E-state index in [9.17, 15) is 4.79 Å². The third-order valence-electron chi connectivity index (χ3n) is 2.25. The highest BCUT2D eigenvalue weighted by Crippen LogP contribution is 2.22. The van der Waals surface area contributed by atoms with E-state index >= 15 is 0 Å². The molecule has 1 amide bonds. The topological polar surface area (TPSA) is 68.3 Å². The molecular formula is C13H16N2O2. The van der Waals surface area contributed by atoms with Crippen molar-refractivity contribution < 1.29 is 9.21 Å². The lowest BCUT2D eigenvalue weighted by molar-refractivity contribution is 0.0893. The van der Waals surface area contributed by atoms with Crippen molar-refractivity contribution in [1.82, 2.24) is 5.32 Å². The number of fused-ring (bicyclic) bond motifs is 1. The van der Waals surface area contributed by atoms with Crippen molar-refractivity contribution in [3.8, 4) is 0 Å². The molecule has 1 heterocycles. The number of amides is 1. The Morgan fingerprint density at radius 3 is 2.65 bits per heavy atom. The molecule has 0 bridgehead atoms. The first kappa shape index (κ1) is 11.5. The van der Waals surface area contributed by atoms with Crippen LogP contribution in [0.3, 0.4) is 0 Å². The lowest BCUT2D eigenvalue weighted by atomic mass is 10.1. The molecule has 0 saturated heterocycles. The molecule has 0 aliphatic rings. The number of carbonyl (C=O) groups is 1. The van der Waals surface area contributed by atoms with E-state index in [1.807, 2.05) is 20.8 Å². The fourth-order valence-electron chi connectivity index (χ4n) is 1.58. The highest BCUT2D eigenvalue weighted by molar-refractivity contribution is 5.96. The van der Waals surface area contributed by atoms with Crippen LogP contribution in [0, 0.1) is 0 Å². The molecule has 3 N–H and O–H groups in total. The molecule has 0 spiro atoms. The van der Waals surface area contributed by atoms with Crippen LogP contribution < -0.4 is 11.1 Å². The summed E-state index contributed by atoms with van der Waals surface area (Å²) in [6, 6.07) is 7.00. The first-order valence-corrected chi connectivity index (χ1v) is 5.47. The normalized spacial score (nSPS) is 11.7. The number of benzene rings is 1. The van der Waals surface area contributed by atoms with Crippen LogP contribution in [-0.2, 0) is 0 Å². The Morgan fingerprint density at radius 2 is 2.00 bits per heavy atom. The van der Waals surface area contributed by atoms with Crippen molar-refractivity contribution in [3.05, 3.63) is 30.0 Å². The molecule has 4 heteroatoms. The summed E-state index contributed by atoms with van der Waals surface area (Å²) in [4.78, 5) is 11.9. The third-order valence-corrected chi connectivity index (χ3v) is 2.25. The Kier molecular flexibility index (Phi) is 2.58. The van der Waals surface area contributed by atoms with Gasteiger partial charge in [-0.15, -0.1) is 0 Å². The summed E-state index contributed by atoms with van der Waals surface area (Å²) >= 11 is 0. The second kappa shape index (κ2) is 3.80. The molecule has 0 saturated carbocycles. The summed E-state index contributed by atoms with van der Waals surface area (Å²) < 4.78 is 5.46. The van der Waals surface area contributed by atoms with Crippen molar-refractivity contribution in [2.45, 2.75) is 26.3 Å². The second-order valence-corrected chi connectivity index (χ2v) is 5.11. The second-order valence-electron chi connectivity index (χ2n) is 5.11. The molecule has 0 fully saturated rings. The number of nitrogens with one attached hydrogen (secondary N) is 1. The van der Waals surface area contributed by atoms with Gasteiger partial charge < -0.3 is 15.5 Å². The van der Waals surface area contributed by atoms with E-state index in [-0.39, 0.29) is 11.4 Å². The number of hydrogen-bond donors (Lipinski definition) is 2. The predicted molar refractivity (Wildman–Crippen MR) is 67.8 cm³/mol. The molecule has 1 aromatic heterocycles. The van der Waals surface area contributed by atoms with E-state index < -0.39 is 0 Å². The van der Waals surface area contributed by atoms with Crippen molar-refractivity contribution in [1.29, 1.82) is 0 Å². The summed E-state index contributed by atoms with van der Waals surface area (Å²) in [6.45, 7) is 5.77. The van der Waals surface area contributed by atoms with Gasteiger partial charge in [-0.2, -0.15) is 0 Å². The number of carbonyl (C=O) groups excluding carboxylic acids is 1. The lowest BCUT2D eigenvalue weighted by Crippen LogP contribution is -2.40. The fourth-order valence-corrected chi connectivity index (χ4v) is 1.58. The summed E-state index contributed by atoms with van der Waals surface area (Å²) in [5.41, 5.74) is 6.70. The minimum Gasteiger partial charge on any atom is -0.451 e. The molecule has 0 atom stereocenters. The van der Waals surface area contributed by atoms with Crippen molar-refractivity contribution >= 4 is 22.6 Å². The average molecular weight is 232 g/mol. The summed E-state index contributed by atoms with van der Waals surface area (Å²) in [5.74, 6) is 0.0906. The SMILES string of the molecule is CC(C)(C)NC(=O)c1cc2cc(N)ccc2o1. The number of rotatable bonds is 1. The van der Waals surface area contributed by atoms with E-state index in [0.717, 1.165) is 5.39 Å². The standard InChI is InChI=1S/C13H16N2O2/c1-13(2,3)15-12(16)11-7-8-6-9(14)4-5-10(8)17-11/h4-7H,14H2,1-3H3,(H,15,16). The van der Waals surface area contributed by atoms with E-state index in [1.165, 1.54) is 0 Å². The monoisotopic (exact) mass is 232 g/mol. The van der Waals surface area contributed by atoms with Gasteiger partial charge >= 0.3 is 0 Å². The molecule has 2 aromatic rings. The Balaban J connectivity index is 2.33. The summed E-state index contributed by atoms with van der Waals surface area (Å²) in [5, 5.41) is 3.68. The average Bonchev–Trinajstić information content (AvgIpc) is 2.57. The van der Waals surface area contributed by atoms with Gasteiger partial charge in [-0.25, -0.2) is 0 Å². The van der Waals surface area contributed by atoms with Gasteiger partial charge in [-0.05, 0) is 45.0 Å². The molecule has 0 aliphatic heterocycles. The van der Waals surface area contributed by atoms with Crippen LogP contribution >= 0.6 is 0 Å². The van der Waals surface area contributed by atoms with Crippen molar-refractivity contribution in [2.75, 3.05) is 5.73 Å². The maximum absolute atomic E-state index is 11.9. The lowest BCUT2D eigenvalue weighted by Gasteiger charge is -2.19. The first-order chi connectivity index (χ1) is 7.85. The summed E-state index contributed by atoms with van der Waals surface area (Å²) in [6.07, 6.45) is 0. The number of anilines is 1. The van der Waals surface area contributed by atoms with Gasteiger partial charge in [0, 0.05) is 16.6 Å². The molecule has 1 aromatic carbocycles. The quantitative estimate of drug-likeness (QED) is 0.742.